The molecule has 0 spiro atoms. The van der Waals surface area contributed by atoms with Gasteiger partial charge in [0.25, 0.3) is 0 Å². The summed E-state index contributed by atoms with van der Waals surface area (Å²) in [5, 5.41) is 12.7. The molecule has 0 saturated heterocycles. The minimum Gasteiger partial charge on any atom is -0.400 e. The Kier molecular flexibility index (Phi) is 3.35. The van der Waals surface area contributed by atoms with Gasteiger partial charge < -0.3 is 15.8 Å². The highest BCUT2D eigenvalue weighted by molar-refractivity contribution is 5.81. The lowest BCUT2D eigenvalue weighted by atomic mass is 9.80. The number of hydrazine groups is 2. The molecule has 1 aliphatic heterocycles. The van der Waals surface area contributed by atoms with E-state index in [1.54, 1.807) is 5.12 Å². The Hall–Kier alpha value is -1.66. The van der Waals surface area contributed by atoms with Crippen LogP contribution in [0.2, 0.25) is 0 Å². The van der Waals surface area contributed by atoms with Gasteiger partial charge in [0.05, 0.1) is 0 Å². The van der Waals surface area contributed by atoms with Crippen LogP contribution in [0.5, 0.6) is 0 Å². The van der Waals surface area contributed by atoms with Crippen LogP contribution in [-0.4, -0.2) is 28.9 Å². The molecule has 1 saturated carbocycles. The van der Waals surface area contributed by atoms with Crippen molar-refractivity contribution in [1.82, 2.24) is 10.1 Å². The molecule has 0 aromatic carbocycles. The highest BCUT2D eigenvalue weighted by Gasteiger charge is 2.33. The maximum atomic E-state index is 9.22. The maximum absolute atomic E-state index is 9.22. The van der Waals surface area contributed by atoms with Gasteiger partial charge in [0.1, 0.15) is 11.5 Å². The molecule has 1 fully saturated rings. The molecule has 20 heavy (non-hydrogen) atoms. The molecule has 0 radical (unpaired) electrons. The summed E-state index contributed by atoms with van der Waals surface area (Å²) in [4.78, 5) is 3.18. The van der Waals surface area contributed by atoms with Crippen molar-refractivity contribution >= 4 is 11.5 Å². The molecule has 2 heterocycles. The van der Waals surface area contributed by atoms with E-state index in [9.17, 15) is 5.11 Å². The Morgan fingerprint density at radius 2 is 2.10 bits per heavy atom. The smallest absolute Gasteiger partial charge is 0.135 e. The number of hydrogen-bond acceptors (Lipinski definition) is 5. The second-order valence-electron chi connectivity index (χ2n) is 5.81. The molecule has 1 aliphatic carbocycles. The number of anilines is 1. The Bertz CT molecular complexity index is 515. The number of aromatic amines is 1. The van der Waals surface area contributed by atoms with Crippen LogP contribution in [0.15, 0.2) is 18.0 Å². The van der Waals surface area contributed by atoms with E-state index in [2.05, 4.69) is 4.98 Å². The molecule has 6 N–H and O–H groups in total. The minimum atomic E-state index is 0.289. The zero-order valence-electron chi connectivity index (χ0n) is 11.8. The third kappa shape index (κ3) is 1.96. The Morgan fingerprint density at radius 1 is 1.40 bits per heavy atom. The largest absolute Gasteiger partial charge is 0.400 e. The first kappa shape index (κ1) is 13.3. The zero-order chi connectivity index (χ0) is 14.3. The second-order valence-corrected chi connectivity index (χ2v) is 5.81. The average Bonchev–Trinajstić information content (AvgIpc) is 3.03. The summed E-state index contributed by atoms with van der Waals surface area (Å²) in [7, 11) is 1.91. The molecule has 6 heteroatoms. The van der Waals surface area contributed by atoms with Gasteiger partial charge in [-0.05, 0) is 37.7 Å². The number of nitrogens with two attached hydrogens (primary N) is 2. The van der Waals surface area contributed by atoms with Gasteiger partial charge in [-0.2, -0.15) is 0 Å². The van der Waals surface area contributed by atoms with Crippen molar-refractivity contribution in [3.05, 3.63) is 23.5 Å². The number of fused-ring (bicyclic) bond motifs is 1. The number of hydrogen-bond donors (Lipinski definition) is 4. The van der Waals surface area contributed by atoms with E-state index in [0.717, 1.165) is 48.5 Å². The van der Waals surface area contributed by atoms with Gasteiger partial charge in [0.2, 0.25) is 0 Å². The monoisotopic (exact) mass is 277 g/mol. The molecule has 0 unspecified atom stereocenters. The third-order valence-corrected chi connectivity index (χ3v) is 4.67. The van der Waals surface area contributed by atoms with E-state index < -0.39 is 0 Å². The maximum Gasteiger partial charge on any atom is 0.135 e. The van der Waals surface area contributed by atoms with Crippen LogP contribution >= 0.6 is 0 Å². The van der Waals surface area contributed by atoms with Crippen LogP contribution in [0.25, 0.3) is 5.70 Å². The normalized spacial score (nSPS) is 28.8. The highest BCUT2D eigenvalue weighted by atomic mass is 16.3. The summed E-state index contributed by atoms with van der Waals surface area (Å²) in [6.07, 6.45) is 6.03. The number of aliphatic hydroxyl groups excluding tert-OH is 1. The number of aliphatic hydroxyl groups is 1. The van der Waals surface area contributed by atoms with Crippen LogP contribution in [0, 0.1) is 11.8 Å². The van der Waals surface area contributed by atoms with E-state index in [1.165, 1.54) is 0 Å². The topological polar surface area (TPSA) is 94.5 Å². The number of nitrogens with zero attached hydrogens (tertiary/aromatic N) is 2. The zero-order valence-corrected chi connectivity index (χ0v) is 11.8. The van der Waals surface area contributed by atoms with Gasteiger partial charge in [0, 0.05) is 37.0 Å². The van der Waals surface area contributed by atoms with E-state index in [4.69, 9.17) is 11.6 Å². The first-order valence-electron chi connectivity index (χ1n) is 7.20. The summed E-state index contributed by atoms with van der Waals surface area (Å²) < 4.78 is 0. The third-order valence-electron chi connectivity index (χ3n) is 4.67. The number of nitrogens with one attached hydrogen (secondary N) is 1. The van der Waals surface area contributed by atoms with Crippen molar-refractivity contribution in [3.8, 4) is 0 Å². The van der Waals surface area contributed by atoms with Crippen molar-refractivity contribution in [1.29, 1.82) is 0 Å². The Labute approximate surface area is 119 Å². The lowest BCUT2D eigenvalue weighted by Crippen LogP contribution is -2.41. The van der Waals surface area contributed by atoms with Gasteiger partial charge in [-0.1, -0.05) is 0 Å². The molecular weight excluding hydrogens is 254 g/mol. The molecule has 0 amide bonds. The van der Waals surface area contributed by atoms with Gasteiger partial charge in [-0.15, -0.1) is 0 Å². The number of H-pyrrole nitrogens is 1. The standard InChI is InChI=1S/C14H23N5O/c1-18-14-11(6-7-17-14)13(19(18)16)12(15)10-4-2-9(8-20)3-5-10/h6-7,9-10,17,20H,2-5,8,15-16H2,1H3/b13-12-. The quantitative estimate of drug-likeness (QED) is 0.605. The highest BCUT2D eigenvalue weighted by Crippen LogP contribution is 2.40. The van der Waals surface area contributed by atoms with Crippen molar-refractivity contribution in [2.75, 3.05) is 18.7 Å². The van der Waals surface area contributed by atoms with Crippen molar-refractivity contribution in [2.45, 2.75) is 25.7 Å². The van der Waals surface area contributed by atoms with Crippen LogP contribution in [0.3, 0.4) is 0 Å². The molecule has 2 aliphatic rings. The molecular formula is C14H23N5O. The summed E-state index contributed by atoms with van der Waals surface area (Å²) >= 11 is 0. The minimum absolute atomic E-state index is 0.289. The molecule has 0 atom stereocenters. The van der Waals surface area contributed by atoms with E-state index in [-0.39, 0.29) is 6.61 Å². The average molecular weight is 277 g/mol. The van der Waals surface area contributed by atoms with Crippen LogP contribution in [-0.2, 0) is 0 Å². The lowest BCUT2D eigenvalue weighted by Gasteiger charge is -2.30. The predicted octanol–water partition coefficient (Wildman–Crippen LogP) is 0.981. The molecule has 3 rings (SSSR count). The summed E-state index contributed by atoms with van der Waals surface area (Å²) in [5.41, 5.74) is 9.27. The van der Waals surface area contributed by atoms with E-state index in [1.807, 2.05) is 24.3 Å². The number of aromatic nitrogens is 1. The first-order valence-corrected chi connectivity index (χ1v) is 7.20. The lowest BCUT2D eigenvalue weighted by molar-refractivity contribution is 0.175. The number of rotatable bonds is 2. The molecule has 1 aromatic heterocycles. The first-order chi connectivity index (χ1) is 9.63. The molecule has 1 aromatic rings. The van der Waals surface area contributed by atoms with Crippen LogP contribution in [0.4, 0.5) is 5.82 Å². The molecule has 6 nitrogen and oxygen atoms in total. The van der Waals surface area contributed by atoms with Crippen LogP contribution in [0.1, 0.15) is 31.2 Å². The van der Waals surface area contributed by atoms with Gasteiger partial charge in [-0.3, -0.25) is 5.01 Å². The van der Waals surface area contributed by atoms with E-state index >= 15 is 0 Å². The van der Waals surface area contributed by atoms with Crippen molar-refractivity contribution in [2.24, 2.45) is 23.4 Å². The summed E-state index contributed by atoms with van der Waals surface area (Å²) in [6.45, 7) is 0.289. The fourth-order valence-corrected chi connectivity index (χ4v) is 3.34. The van der Waals surface area contributed by atoms with E-state index in [0.29, 0.717) is 11.8 Å². The number of allylic oxidation sites excluding steroid dienone is 1. The van der Waals surface area contributed by atoms with Gasteiger partial charge in [-0.25, -0.2) is 11.0 Å². The summed E-state index contributed by atoms with van der Waals surface area (Å²) in [6, 6.07) is 2.01. The van der Waals surface area contributed by atoms with Crippen molar-refractivity contribution < 1.29 is 5.11 Å². The predicted molar refractivity (Wildman–Crippen MR) is 78.9 cm³/mol. The fourth-order valence-electron chi connectivity index (χ4n) is 3.34. The second kappa shape index (κ2) is 5.03. The SMILES string of the molecule is CN1c2[nH]ccc2/C(=C(/N)C2CCC(CO)CC2)N1N. The Morgan fingerprint density at radius 3 is 2.75 bits per heavy atom. The van der Waals surface area contributed by atoms with Crippen LogP contribution < -0.4 is 16.6 Å². The molecule has 110 valence electrons. The van der Waals surface area contributed by atoms with Gasteiger partial charge in [0.15, 0.2) is 0 Å². The fraction of sp³-hybridized carbons (Fsp3) is 0.571. The molecule has 0 bridgehead atoms. The van der Waals surface area contributed by atoms with Crippen molar-refractivity contribution in [3.63, 3.8) is 0 Å². The summed E-state index contributed by atoms with van der Waals surface area (Å²) in [5.74, 6) is 7.91. The Balaban J connectivity index is 1.87. The van der Waals surface area contributed by atoms with Gasteiger partial charge >= 0.3 is 0 Å².